The summed E-state index contributed by atoms with van der Waals surface area (Å²) in [6.45, 7) is 13.0. The van der Waals surface area contributed by atoms with E-state index < -0.39 is 19.6 Å². The molecule has 0 spiro atoms. The van der Waals surface area contributed by atoms with Gasteiger partial charge in [0.05, 0.1) is 5.69 Å². The van der Waals surface area contributed by atoms with Crippen LogP contribution in [0.25, 0.3) is 5.69 Å². The molecule has 120 valence electrons. The quantitative estimate of drug-likeness (QED) is 0.722. The molecular formula is C17H23F2N2P. The Labute approximate surface area is 132 Å². The zero-order chi connectivity index (χ0) is 16.7. The molecule has 0 amide bonds. The zero-order valence-corrected chi connectivity index (χ0v) is 14.9. The van der Waals surface area contributed by atoms with Crippen molar-refractivity contribution in [1.82, 2.24) is 9.55 Å². The van der Waals surface area contributed by atoms with Crippen molar-refractivity contribution in [2.45, 2.75) is 51.9 Å². The SMILES string of the molecule is CC(C)(C)P(c1nccn1-c1cc(F)ccc1F)C(C)(C)C. The third-order valence-corrected chi connectivity index (χ3v) is 6.74. The summed E-state index contributed by atoms with van der Waals surface area (Å²) in [5.41, 5.74) is 1.04. The molecule has 2 rings (SSSR count). The number of nitrogens with zero attached hydrogens (tertiary/aromatic N) is 2. The van der Waals surface area contributed by atoms with E-state index in [0.29, 0.717) is 0 Å². The summed E-state index contributed by atoms with van der Waals surface area (Å²) in [7, 11) is -0.705. The molecule has 1 heterocycles. The van der Waals surface area contributed by atoms with E-state index in [0.717, 1.165) is 17.7 Å². The molecule has 0 aliphatic rings. The molecule has 1 aromatic heterocycles. The van der Waals surface area contributed by atoms with Crippen LogP contribution in [0.5, 0.6) is 0 Å². The molecule has 0 saturated heterocycles. The first-order valence-electron chi connectivity index (χ1n) is 7.31. The summed E-state index contributed by atoms with van der Waals surface area (Å²) in [5.74, 6) is -0.898. The van der Waals surface area contributed by atoms with Crippen molar-refractivity contribution in [2.24, 2.45) is 0 Å². The Morgan fingerprint density at radius 1 is 1.00 bits per heavy atom. The van der Waals surface area contributed by atoms with Gasteiger partial charge in [-0.1, -0.05) is 41.5 Å². The van der Waals surface area contributed by atoms with Crippen LogP contribution in [0.1, 0.15) is 41.5 Å². The fraction of sp³-hybridized carbons (Fsp3) is 0.471. The first kappa shape index (κ1) is 17.1. The highest BCUT2D eigenvalue weighted by Gasteiger charge is 2.38. The van der Waals surface area contributed by atoms with Crippen molar-refractivity contribution >= 4 is 13.5 Å². The minimum atomic E-state index is -0.705. The number of hydrogen-bond donors (Lipinski definition) is 0. The molecule has 2 nitrogen and oxygen atoms in total. The molecule has 0 aliphatic heterocycles. The molecule has 22 heavy (non-hydrogen) atoms. The van der Waals surface area contributed by atoms with Gasteiger partial charge in [-0.05, 0) is 30.4 Å². The predicted molar refractivity (Wildman–Crippen MR) is 89.5 cm³/mol. The molecule has 0 atom stereocenters. The second-order valence-electron chi connectivity index (χ2n) is 7.37. The third-order valence-electron chi connectivity index (χ3n) is 3.33. The topological polar surface area (TPSA) is 17.8 Å². The molecule has 0 radical (unpaired) electrons. The molecule has 0 saturated carbocycles. The molecule has 1 aromatic carbocycles. The monoisotopic (exact) mass is 324 g/mol. The molecule has 0 aliphatic carbocycles. The van der Waals surface area contributed by atoms with E-state index >= 15 is 0 Å². The van der Waals surface area contributed by atoms with Crippen LogP contribution in [0.15, 0.2) is 30.6 Å². The number of rotatable bonds is 2. The van der Waals surface area contributed by atoms with Crippen LogP contribution >= 0.6 is 7.92 Å². The maximum absolute atomic E-state index is 14.2. The Balaban J connectivity index is 2.64. The molecular weight excluding hydrogens is 301 g/mol. The van der Waals surface area contributed by atoms with Gasteiger partial charge in [0.15, 0.2) is 0 Å². The Hall–Kier alpha value is -1.28. The Morgan fingerprint density at radius 3 is 2.14 bits per heavy atom. The van der Waals surface area contributed by atoms with Gasteiger partial charge in [-0.15, -0.1) is 0 Å². The highest BCUT2D eigenvalue weighted by atomic mass is 31.1. The van der Waals surface area contributed by atoms with Crippen molar-refractivity contribution in [3.63, 3.8) is 0 Å². The summed E-state index contributed by atoms with van der Waals surface area (Å²) in [5, 5.41) is 0.000968. The van der Waals surface area contributed by atoms with E-state index in [1.165, 1.54) is 6.07 Å². The van der Waals surface area contributed by atoms with Gasteiger partial charge in [-0.2, -0.15) is 0 Å². The van der Waals surface area contributed by atoms with E-state index in [9.17, 15) is 8.78 Å². The second-order valence-corrected chi connectivity index (χ2v) is 11.1. The van der Waals surface area contributed by atoms with E-state index in [2.05, 4.69) is 46.5 Å². The van der Waals surface area contributed by atoms with Gasteiger partial charge in [0.25, 0.3) is 0 Å². The van der Waals surface area contributed by atoms with Crippen molar-refractivity contribution < 1.29 is 8.78 Å². The summed E-state index contributed by atoms with van der Waals surface area (Å²) in [6.07, 6.45) is 3.37. The van der Waals surface area contributed by atoms with E-state index in [-0.39, 0.29) is 16.0 Å². The zero-order valence-electron chi connectivity index (χ0n) is 14.0. The number of benzene rings is 1. The van der Waals surface area contributed by atoms with E-state index in [1.807, 2.05) is 0 Å². The first-order valence-corrected chi connectivity index (χ1v) is 8.65. The average Bonchev–Trinajstić information content (AvgIpc) is 2.77. The van der Waals surface area contributed by atoms with Gasteiger partial charge in [-0.25, -0.2) is 13.8 Å². The van der Waals surface area contributed by atoms with Crippen molar-refractivity contribution in [1.29, 1.82) is 0 Å². The largest absolute Gasteiger partial charge is 0.297 e. The number of hydrogen-bond acceptors (Lipinski definition) is 1. The van der Waals surface area contributed by atoms with Crippen LogP contribution < -0.4 is 5.57 Å². The maximum atomic E-state index is 14.2. The normalized spacial score (nSPS) is 13.0. The minimum absolute atomic E-state index is 0.000484. The summed E-state index contributed by atoms with van der Waals surface area (Å²) >= 11 is 0. The second kappa shape index (κ2) is 5.73. The third kappa shape index (κ3) is 3.38. The van der Waals surface area contributed by atoms with Gasteiger partial charge in [0, 0.05) is 18.5 Å². The fourth-order valence-corrected chi connectivity index (χ4v) is 6.71. The fourth-order valence-electron chi connectivity index (χ4n) is 2.93. The lowest BCUT2D eigenvalue weighted by Crippen LogP contribution is -2.35. The number of aromatic nitrogens is 2. The van der Waals surface area contributed by atoms with Gasteiger partial charge in [0.1, 0.15) is 17.2 Å². The van der Waals surface area contributed by atoms with Crippen LogP contribution in [-0.2, 0) is 0 Å². The van der Waals surface area contributed by atoms with Crippen LogP contribution in [-0.4, -0.2) is 19.9 Å². The van der Waals surface area contributed by atoms with E-state index in [1.54, 1.807) is 17.0 Å². The Bertz CT molecular complexity index is 652. The smallest absolute Gasteiger partial charge is 0.147 e. The molecule has 5 heteroatoms. The number of halogens is 2. The van der Waals surface area contributed by atoms with Crippen molar-refractivity contribution in [3.8, 4) is 5.69 Å². The molecule has 2 aromatic rings. The molecule has 0 unspecified atom stereocenters. The highest BCUT2D eigenvalue weighted by Crippen LogP contribution is 2.57. The molecule has 0 bridgehead atoms. The summed E-state index contributed by atoms with van der Waals surface area (Å²) in [6, 6.07) is 3.51. The summed E-state index contributed by atoms with van der Waals surface area (Å²) in [4.78, 5) is 4.50. The summed E-state index contributed by atoms with van der Waals surface area (Å²) < 4.78 is 29.4. The Morgan fingerprint density at radius 2 is 1.59 bits per heavy atom. The van der Waals surface area contributed by atoms with E-state index in [4.69, 9.17) is 0 Å². The van der Waals surface area contributed by atoms with Crippen LogP contribution in [0.4, 0.5) is 8.78 Å². The number of imidazole rings is 1. The van der Waals surface area contributed by atoms with Crippen LogP contribution in [0.2, 0.25) is 0 Å². The molecule has 0 N–H and O–H groups in total. The van der Waals surface area contributed by atoms with Crippen LogP contribution in [0.3, 0.4) is 0 Å². The van der Waals surface area contributed by atoms with Gasteiger partial charge in [0.2, 0.25) is 0 Å². The first-order chi connectivity index (χ1) is 10.0. The highest BCUT2D eigenvalue weighted by molar-refractivity contribution is 7.68. The van der Waals surface area contributed by atoms with Gasteiger partial charge < -0.3 is 0 Å². The van der Waals surface area contributed by atoms with Gasteiger partial charge in [-0.3, -0.25) is 4.57 Å². The minimum Gasteiger partial charge on any atom is -0.297 e. The molecule has 0 fully saturated rings. The average molecular weight is 324 g/mol. The standard InChI is InChI=1S/C17H23F2N2P/c1-16(2,3)22(17(4,5)6)15-20-9-10-21(15)14-11-12(18)7-8-13(14)19/h7-11H,1-6H3. The predicted octanol–water partition coefficient (Wildman–Crippen LogP) is 4.85. The lowest BCUT2D eigenvalue weighted by atomic mass is 10.2. The van der Waals surface area contributed by atoms with Crippen LogP contribution in [0, 0.1) is 11.6 Å². The lowest BCUT2D eigenvalue weighted by Gasteiger charge is -2.40. The van der Waals surface area contributed by atoms with Gasteiger partial charge >= 0.3 is 0 Å². The Kier molecular flexibility index (Phi) is 4.45. The van der Waals surface area contributed by atoms with Crippen molar-refractivity contribution in [2.75, 3.05) is 0 Å². The lowest BCUT2D eigenvalue weighted by molar-refractivity contribution is 0.593. The maximum Gasteiger partial charge on any atom is 0.147 e. The van der Waals surface area contributed by atoms with Crippen molar-refractivity contribution in [3.05, 3.63) is 42.2 Å².